The number of para-hydroxylation sites is 2. The van der Waals surface area contributed by atoms with Crippen LogP contribution in [0.1, 0.15) is 33.5 Å². The van der Waals surface area contributed by atoms with Crippen molar-refractivity contribution in [1.29, 1.82) is 0 Å². The smallest absolute Gasteiger partial charge is 0.294 e. The molecule has 3 aromatic rings. The summed E-state index contributed by atoms with van der Waals surface area (Å²) in [6.07, 6.45) is 2.63. The molecule has 7 nitrogen and oxygen atoms in total. The average Bonchev–Trinajstić information content (AvgIpc) is 2.94. The Morgan fingerprint density at radius 3 is 2.58 bits per heavy atom. The number of carbonyl (C=O) groups excluding carboxylic acids is 2. The third-order valence-electron chi connectivity index (χ3n) is 6.77. The first kappa shape index (κ1) is 25.7. The van der Waals surface area contributed by atoms with Gasteiger partial charge in [0.15, 0.2) is 11.5 Å². The van der Waals surface area contributed by atoms with Crippen LogP contribution in [0.4, 0.5) is 5.69 Å². The molecular formula is C31H33N3O4. The van der Waals surface area contributed by atoms with Gasteiger partial charge in [-0.15, -0.1) is 0 Å². The van der Waals surface area contributed by atoms with Crippen molar-refractivity contribution in [3.05, 3.63) is 101 Å². The molecule has 0 bridgehead atoms. The van der Waals surface area contributed by atoms with E-state index >= 15 is 0 Å². The average molecular weight is 512 g/mol. The molecule has 3 aromatic carbocycles. The predicted octanol–water partition coefficient (Wildman–Crippen LogP) is 4.41. The molecule has 0 atom stereocenters. The quantitative estimate of drug-likeness (QED) is 0.358. The minimum absolute atomic E-state index is 0.102. The predicted molar refractivity (Wildman–Crippen MR) is 148 cm³/mol. The Bertz CT molecular complexity index is 1310. The molecule has 38 heavy (non-hydrogen) atoms. The third kappa shape index (κ3) is 6.30. The fourth-order valence-electron chi connectivity index (χ4n) is 4.73. The highest BCUT2D eigenvalue weighted by Gasteiger charge is 2.30. The molecule has 1 saturated heterocycles. The molecule has 196 valence electrons. The van der Waals surface area contributed by atoms with E-state index in [4.69, 9.17) is 9.47 Å². The van der Waals surface area contributed by atoms with E-state index in [1.165, 1.54) is 0 Å². The lowest BCUT2D eigenvalue weighted by atomic mass is 10.1. The number of morpholine rings is 1. The van der Waals surface area contributed by atoms with Crippen molar-refractivity contribution in [3.63, 3.8) is 0 Å². The largest absolute Gasteiger partial charge is 0.449 e. The number of aryl methyl sites for hydroxylation is 1. The number of fused-ring (bicyclic) bond motifs is 1. The zero-order valence-electron chi connectivity index (χ0n) is 21.7. The van der Waals surface area contributed by atoms with Crippen LogP contribution < -0.4 is 15.0 Å². The summed E-state index contributed by atoms with van der Waals surface area (Å²) in [5.41, 5.74) is 4.31. The summed E-state index contributed by atoms with van der Waals surface area (Å²) in [4.78, 5) is 30.2. The van der Waals surface area contributed by atoms with Crippen LogP contribution >= 0.6 is 0 Å². The lowest BCUT2D eigenvalue weighted by Crippen LogP contribution is -2.38. The molecule has 1 fully saturated rings. The van der Waals surface area contributed by atoms with Crippen molar-refractivity contribution in [2.45, 2.75) is 19.9 Å². The van der Waals surface area contributed by atoms with Gasteiger partial charge in [0.1, 0.15) is 0 Å². The summed E-state index contributed by atoms with van der Waals surface area (Å²) in [5.74, 6) is 0.581. The Kier molecular flexibility index (Phi) is 8.16. The SMILES string of the molecule is Cc1cccc(CN2C(=O)C(=Cc3ccc(C(=O)NCCCN4CCOCC4)cc3)Oc3ccccc32)c1. The molecule has 0 unspecified atom stereocenters. The molecule has 0 saturated carbocycles. The van der Waals surface area contributed by atoms with Crippen LogP contribution in [0, 0.1) is 6.92 Å². The molecule has 0 spiro atoms. The normalized spacial score (nSPS) is 16.7. The van der Waals surface area contributed by atoms with Crippen LogP contribution in [0.25, 0.3) is 6.08 Å². The van der Waals surface area contributed by atoms with E-state index in [9.17, 15) is 9.59 Å². The molecule has 0 aromatic heterocycles. The number of benzene rings is 3. The van der Waals surface area contributed by atoms with Gasteiger partial charge in [0, 0.05) is 25.2 Å². The van der Waals surface area contributed by atoms with Gasteiger partial charge in [-0.3, -0.25) is 19.4 Å². The standard InChI is InChI=1S/C31H33N3O4/c1-23-6-4-7-25(20-23)22-34-27-8-2-3-9-28(27)38-29(31(34)36)21-24-10-12-26(13-11-24)30(35)32-14-5-15-33-16-18-37-19-17-33/h2-4,6-13,20-21H,5,14-19,22H2,1H3,(H,32,35). The minimum atomic E-state index is -0.202. The van der Waals surface area contributed by atoms with Gasteiger partial charge in [-0.25, -0.2) is 0 Å². The highest BCUT2D eigenvalue weighted by molar-refractivity contribution is 6.09. The van der Waals surface area contributed by atoms with E-state index in [1.54, 1.807) is 23.1 Å². The highest BCUT2D eigenvalue weighted by atomic mass is 16.5. The topological polar surface area (TPSA) is 71.1 Å². The maximum absolute atomic E-state index is 13.5. The van der Waals surface area contributed by atoms with Crippen LogP contribution in [-0.2, 0) is 16.1 Å². The third-order valence-corrected chi connectivity index (χ3v) is 6.77. The van der Waals surface area contributed by atoms with E-state index in [-0.39, 0.29) is 17.6 Å². The van der Waals surface area contributed by atoms with E-state index in [0.29, 0.717) is 24.4 Å². The zero-order valence-corrected chi connectivity index (χ0v) is 21.7. The molecule has 0 aliphatic carbocycles. The maximum atomic E-state index is 13.5. The van der Waals surface area contributed by atoms with Gasteiger partial charge in [0.25, 0.3) is 11.8 Å². The molecule has 0 radical (unpaired) electrons. The Morgan fingerprint density at radius 1 is 1.00 bits per heavy atom. The molecular weight excluding hydrogens is 478 g/mol. The number of nitrogens with zero attached hydrogens (tertiary/aromatic N) is 2. The monoisotopic (exact) mass is 511 g/mol. The number of carbonyl (C=O) groups is 2. The van der Waals surface area contributed by atoms with Crippen molar-refractivity contribution in [2.24, 2.45) is 0 Å². The first-order valence-corrected chi connectivity index (χ1v) is 13.1. The summed E-state index contributed by atoms with van der Waals surface area (Å²) >= 11 is 0. The van der Waals surface area contributed by atoms with Crippen LogP contribution in [0.2, 0.25) is 0 Å². The number of anilines is 1. The van der Waals surface area contributed by atoms with E-state index in [1.807, 2.05) is 61.5 Å². The fourth-order valence-corrected chi connectivity index (χ4v) is 4.73. The van der Waals surface area contributed by atoms with Crippen molar-refractivity contribution < 1.29 is 19.1 Å². The molecule has 2 aliphatic heterocycles. The van der Waals surface area contributed by atoms with Crippen molar-refractivity contribution in [2.75, 3.05) is 44.3 Å². The number of hydrogen-bond acceptors (Lipinski definition) is 5. The van der Waals surface area contributed by atoms with Gasteiger partial charge < -0.3 is 14.8 Å². The fraction of sp³-hybridized carbons (Fsp3) is 0.290. The van der Waals surface area contributed by atoms with E-state index < -0.39 is 0 Å². The second kappa shape index (κ2) is 12.1. The Labute approximate surface area is 223 Å². The van der Waals surface area contributed by atoms with Gasteiger partial charge in [0.05, 0.1) is 25.4 Å². The van der Waals surface area contributed by atoms with Crippen molar-refractivity contribution in [3.8, 4) is 5.75 Å². The number of amides is 2. The van der Waals surface area contributed by atoms with Crippen molar-refractivity contribution >= 4 is 23.6 Å². The Hall–Kier alpha value is -3.94. The lowest BCUT2D eigenvalue weighted by Gasteiger charge is -2.30. The molecule has 7 heteroatoms. The molecule has 1 N–H and O–H groups in total. The van der Waals surface area contributed by atoms with Crippen LogP contribution in [0.3, 0.4) is 0 Å². The van der Waals surface area contributed by atoms with Crippen molar-refractivity contribution in [1.82, 2.24) is 10.2 Å². The lowest BCUT2D eigenvalue weighted by molar-refractivity contribution is -0.117. The number of ether oxygens (including phenoxy) is 2. The summed E-state index contributed by atoms with van der Waals surface area (Å²) < 4.78 is 11.4. The number of nitrogens with one attached hydrogen (secondary N) is 1. The van der Waals surface area contributed by atoms with Gasteiger partial charge in [-0.2, -0.15) is 0 Å². The van der Waals surface area contributed by atoms with E-state index in [2.05, 4.69) is 16.3 Å². The molecule has 2 aliphatic rings. The molecule has 5 rings (SSSR count). The van der Waals surface area contributed by atoms with Gasteiger partial charge in [0.2, 0.25) is 0 Å². The van der Waals surface area contributed by atoms with Crippen LogP contribution in [0.15, 0.2) is 78.6 Å². The first-order valence-electron chi connectivity index (χ1n) is 13.1. The Balaban J connectivity index is 1.24. The molecule has 2 amide bonds. The van der Waals surface area contributed by atoms with E-state index in [0.717, 1.165) is 61.6 Å². The second-order valence-corrected chi connectivity index (χ2v) is 9.64. The minimum Gasteiger partial charge on any atom is -0.449 e. The number of rotatable bonds is 8. The summed E-state index contributed by atoms with van der Waals surface area (Å²) in [5, 5.41) is 2.99. The van der Waals surface area contributed by atoms with Crippen LogP contribution in [0.5, 0.6) is 5.75 Å². The highest BCUT2D eigenvalue weighted by Crippen LogP contribution is 2.36. The van der Waals surface area contributed by atoms with Crippen LogP contribution in [-0.4, -0.2) is 56.1 Å². The zero-order chi connectivity index (χ0) is 26.3. The van der Waals surface area contributed by atoms with Gasteiger partial charge in [-0.1, -0.05) is 54.1 Å². The Morgan fingerprint density at radius 2 is 1.79 bits per heavy atom. The molecule has 2 heterocycles. The maximum Gasteiger partial charge on any atom is 0.294 e. The second-order valence-electron chi connectivity index (χ2n) is 9.64. The summed E-state index contributed by atoms with van der Waals surface area (Å²) in [6.45, 7) is 7.53. The van der Waals surface area contributed by atoms with Gasteiger partial charge in [-0.05, 0) is 61.4 Å². The number of hydrogen-bond donors (Lipinski definition) is 1. The first-order chi connectivity index (χ1) is 18.6. The summed E-state index contributed by atoms with van der Waals surface area (Å²) in [6, 6.07) is 22.9. The summed E-state index contributed by atoms with van der Waals surface area (Å²) in [7, 11) is 0. The van der Waals surface area contributed by atoms with Gasteiger partial charge >= 0.3 is 0 Å².